The van der Waals surface area contributed by atoms with Gasteiger partial charge in [0.25, 0.3) is 0 Å². The lowest BCUT2D eigenvalue weighted by Gasteiger charge is -2.33. The van der Waals surface area contributed by atoms with Crippen LogP contribution < -0.4 is 5.32 Å². The van der Waals surface area contributed by atoms with Crippen LogP contribution in [0, 0.1) is 0 Å². The summed E-state index contributed by atoms with van der Waals surface area (Å²) in [6.45, 7) is 0.195. The van der Waals surface area contributed by atoms with Crippen LogP contribution in [-0.4, -0.2) is 60.0 Å². The number of rotatable bonds is 3. The van der Waals surface area contributed by atoms with Crippen molar-refractivity contribution in [3.63, 3.8) is 0 Å². The predicted molar refractivity (Wildman–Crippen MR) is 85.1 cm³/mol. The quantitative estimate of drug-likeness (QED) is 0.831. The lowest BCUT2D eigenvalue weighted by atomic mass is 10.4. The monoisotopic (exact) mass is 405 g/mol. The summed E-state index contributed by atoms with van der Waals surface area (Å²) >= 11 is 0. The lowest BCUT2D eigenvalue weighted by Crippen LogP contribution is -2.51. The van der Waals surface area contributed by atoms with E-state index in [1.165, 1.54) is 33.7 Å². The molecule has 27 heavy (non-hydrogen) atoms. The van der Waals surface area contributed by atoms with Gasteiger partial charge in [-0.1, -0.05) is 5.16 Å². The number of anilines is 1. The van der Waals surface area contributed by atoms with Crippen molar-refractivity contribution in [1.29, 1.82) is 0 Å². The number of sulfonamides is 1. The van der Waals surface area contributed by atoms with Gasteiger partial charge in [-0.05, 0) is 12.1 Å². The van der Waals surface area contributed by atoms with E-state index < -0.39 is 33.8 Å². The zero-order valence-electron chi connectivity index (χ0n) is 13.7. The summed E-state index contributed by atoms with van der Waals surface area (Å²) in [6, 6.07) is 2.78. The largest absolute Gasteiger partial charge is 0.436 e. The minimum Gasteiger partial charge on any atom is -0.338 e. The minimum atomic E-state index is -4.68. The average molecular weight is 405 g/mol. The third-order valence-corrected chi connectivity index (χ3v) is 5.71. The Balaban J connectivity index is 1.59. The third-order valence-electron chi connectivity index (χ3n) is 3.83. The SMILES string of the molecule is O=C(Nc1cc(C(F)(F)F)no1)N1CCN(S(=O)(=O)c2cccnc2)CC1. The van der Waals surface area contributed by atoms with Crippen LogP contribution in [0.2, 0.25) is 0 Å². The second-order valence-electron chi connectivity index (χ2n) is 5.58. The molecule has 0 radical (unpaired) electrons. The maximum atomic E-state index is 12.5. The van der Waals surface area contributed by atoms with Gasteiger partial charge >= 0.3 is 12.2 Å². The summed E-state index contributed by atoms with van der Waals surface area (Å²) in [5.41, 5.74) is -1.26. The van der Waals surface area contributed by atoms with Crippen molar-refractivity contribution < 1.29 is 30.9 Å². The molecular formula is C14H14F3N5O4S. The van der Waals surface area contributed by atoms with E-state index in [-0.39, 0.29) is 31.1 Å². The van der Waals surface area contributed by atoms with Gasteiger partial charge in [-0.15, -0.1) is 0 Å². The molecule has 0 aromatic carbocycles. The Labute approximate surface area is 151 Å². The van der Waals surface area contributed by atoms with Crippen LogP contribution in [0.4, 0.5) is 23.8 Å². The fourth-order valence-electron chi connectivity index (χ4n) is 2.43. The molecule has 1 fully saturated rings. The van der Waals surface area contributed by atoms with E-state index in [0.29, 0.717) is 6.07 Å². The summed E-state index contributed by atoms with van der Waals surface area (Å²) in [5, 5.41) is 5.01. The van der Waals surface area contributed by atoms with Gasteiger partial charge in [0.1, 0.15) is 4.90 Å². The number of nitrogens with one attached hydrogen (secondary N) is 1. The van der Waals surface area contributed by atoms with Gasteiger partial charge in [0.05, 0.1) is 0 Å². The standard InChI is InChI=1S/C14H14F3N5O4S/c15-14(16,17)11-8-12(26-20-11)19-13(23)21-4-6-22(7-5-21)27(24,25)10-2-1-3-18-9-10/h1-3,8-9H,4-7H2,(H,19,23). The Morgan fingerprint density at radius 1 is 1.22 bits per heavy atom. The zero-order chi connectivity index (χ0) is 19.7. The number of urea groups is 1. The number of piperazine rings is 1. The van der Waals surface area contributed by atoms with Crippen LogP contribution in [0.5, 0.6) is 0 Å². The van der Waals surface area contributed by atoms with Gasteiger partial charge in [0.2, 0.25) is 15.9 Å². The molecule has 0 unspecified atom stereocenters. The number of nitrogens with zero attached hydrogens (tertiary/aromatic N) is 4. The second-order valence-corrected chi connectivity index (χ2v) is 7.52. The molecular weight excluding hydrogens is 391 g/mol. The Bertz CT molecular complexity index is 908. The highest BCUT2D eigenvalue weighted by Gasteiger charge is 2.36. The molecule has 1 aliphatic rings. The maximum absolute atomic E-state index is 12.5. The Hall–Kier alpha value is -2.67. The van der Waals surface area contributed by atoms with E-state index in [1.807, 2.05) is 0 Å². The van der Waals surface area contributed by atoms with Crippen molar-refractivity contribution in [2.24, 2.45) is 0 Å². The lowest BCUT2D eigenvalue weighted by molar-refractivity contribution is -0.142. The van der Waals surface area contributed by atoms with Crippen LogP contribution in [0.1, 0.15) is 5.69 Å². The predicted octanol–water partition coefficient (Wildman–Crippen LogP) is 1.63. The van der Waals surface area contributed by atoms with Crippen LogP contribution in [0.25, 0.3) is 0 Å². The van der Waals surface area contributed by atoms with Gasteiger partial charge < -0.3 is 9.42 Å². The Morgan fingerprint density at radius 3 is 2.48 bits per heavy atom. The van der Waals surface area contributed by atoms with Crippen LogP contribution in [0.3, 0.4) is 0 Å². The number of carbonyl (C=O) groups excluding carboxylic acids is 1. The number of hydrogen-bond donors (Lipinski definition) is 1. The van der Waals surface area contributed by atoms with Crippen molar-refractivity contribution in [1.82, 2.24) is 19.3 Å². The number of aromatic nitrogens is 2. The third kappa shape index (κ3) is 4.19. The minimum absolute atomic E-state index is 0.0366. The number of hydrogen-bond acceptors (Lipinski definition) is 6. The molecule has 2 aromatic heterocycles. The van der Waals surface area contributed by atoms with Crippen molar-refractivity contribution in [3.05, 3.63) is 36.3 Å². The van der Waals surface area contributed by atoms with Gasteiger partial charge in [0, 0.05) is 44.6 Å². The molecule has 2 amide bonds. The molecule has 0 aliphatic carbocycles. The van der Waals surface area contributed by atoms with Crippen LogP contribution in [-0.2, 0) is 16.2 Å². The zero-order valence-corrected chi connectivity index (χ0v) is 14.5. The first-order valence-corrected chi connectivity index (χ1v) is 9.12. The summed E-state index contributed by atoms with van der Waals surface area (Å²) in [7, 11) is -3.72. The van der Waals surface area contributed by atoms with Gasteiger partial charge in [-0.3, -0.25) is 10.3 Å². The van der Waals surface area contributed by atoms with Gasteiger partial charge in [-0.2, -0.15) is 17.5 Å². The molecule has 13 heteroatoms. The topological polar surface area (TPSA) is 109 Å². The smallest absolute Gasteiger partial charge is 0.338 e. The Kier molecular flexibility index (Phi) is 5.06. The number of amides is 2. The van der Waals surface area contributed by atoms with Crippen molar-refractivity contribution in [2.75, 3.05) is 31.5 Å². The van der Waals surface area contributed by atoms with Crippen molar-refractivity contribution in [3.8, 4) is 0 Å². The van der Waals surface area contributed by atoms with E-state index in [0.717, 1.165) is 0 Å². The van der Waals surface area contributed by atoms with E-state index in [9.17, 15) is 26.4 Å². The summed E-state index contributed by atoms with van der Waals surface area (Å²) < 4.78 is 68.1. The normalized spacial score (nSPS) is 16.3. The highest BCUT2D eigenvalue weighted by molar-refractivity contribution is 7.89. The summed E-state index contributed by atoms with van der Waals surface area (Å²) in [4.78, 5) is 17.2. The first-order valence-electron chi connectivity index (χ1n) is 7.68. The van der Waals surface area contributed by atoms with Gasteiger partial charge in [0.15, 0.2) is 5.69 Å². The number of pyridine rings is 1. The van der Waals surface area contributed by atoms with E-state index >= 15 is 0 Å². The van der Waals surface area contributed by atoms with E-state index in [4.69, 9.17) is 0 Å². The molecule has 1 aliphatic heterocycles. The fraction of sp³-hybridized carbons (Fsp3) is 0.357. The molecule has 146 valence electrons. The molecule has 9 nitrogen and oxygen atoms in total. The van der Waals surface area contributed by atoms with Crippen molar-refractivity contribution in [2.45, 2.75) is 11.1 Å². The van der Waals surface area contributed by atoms with Crippen LogP contribution >= 0.6 is 0 Å². The van der Waals surface area contributed by atoms with Crippen LogP contribution in [0.15, 0.2) is 40.0 Å². The molecule has 0 spiro atoms. The maximum Gasteiger partial charge on any atom is 0.436 e. The summed E-state index contributed by atoms with van der Waals surface area (Å²) in [6.07, 6.45) is -2.00. The second kappa shape index (κ2) is 7.15. The average Bonchev–Trinajstić information content (AvgIpc) is 3.11. The molecule has 3 heterocycles. The van der Waals surface area contributed by atoms with Crippen molar-refractivity contribution >= 4 is 21.9 Å². The highest BCUT2D eigenvalue weighted by atomic mass is 32.2. The molecule has 1 saturated heterocycles. The Morgan fingerprint density at radius 2 is 1.93 bits per heavy atom. The first kappa shape index (κ1) is 19.1. The van der Waals surface area contributed by atoms with Gasteiger partial charge in [-0.25, -0.2) is 13.2 Å². The molecule has 1 N–H and O–H groups in total. The molecule has 2 aromatic rings. The van der Waals surface area contributed by atoms with E-state index in [2.05, 4.69) is 20.0 Å². The molecule has 0 atom stereocenters. The summed E-state index contributed by atoms with van der Waals surface area (Å²) in [5.74, 6) is -0.447. The molecule has 3 rings (SSSR count). The van der Waals surface area contributed by atoms with E-state index in [1.54, 1.807) is 0 Å². The number of carbonyl (C=O) groups is 1. The highest BCUT2D eigenvalue weighted by Crippen LogP contribution is 2.29. The number of alkyl halides is 3. The first-order chi connectivity index (χ1) is 12.7. The molecule has 0 saturated carbocycles. The number of halogens is 3. The fourth-order valence-corrected chi connectivity index (χ4v) is 3.82. The molecule has 0 bridgehead atoms.